The lowest BCUT2D eigenvalue weighted by Gasteiger charge is -2.34. The first-order chi connectivity index (χ1) is 10.0. The second-order valence-electron chi connectivity index (χ2n) is 6.54. The van der Waals surface area contributed by atoms with Crippen LogP contribution in [0, 0.1) is 12.8 Å². The van der Waals surface area contributed by atoms with Gasteiger partial charge in [0.1, 0.15) is 0 Å². The van der Waals surface area contributed by atoms with Gasteiger partial charge in [-0.15, -0.1) is 0 Å². The van der Waals surface area contributed by atoms with E-state index in [4.69, 9.17) is 0 Å². The standard InChI is InChI=1S/C18H28N2O/c1-14(2)20-9-7-16(8-10-20)13-19-18(21)12-17-6-4-5-15(3)11-17/h4-6,11,14,16H,7-10,12-13H2,1-3H3,(H,19,21). The third kappa shape index (κ3) is 5.16. The zero-order valence-corrected chi connectivity index (χ0v) is 13.6. The third-order valence-corrected chi connectivity index (χ3v) is 4.41. The fraction of sp³-hybridized carbons (Fsp3) is 0.611. The SMILES string of the molecule is Cc1cccc(CC(=O)NCC2CCN(C(C)C)CC2)c1. The first-order valence-corrected chi connectivity index (χ1v) is 8.11. The van der Waals surface area contributed by atoms with Crippen molar-refractivity contribution >= 4 is 5.91 Å². The number of nitrogens with zero attached hydrogens (tertiary/aromatic N) is 1. The maximum absolute atomic E-state index is 12.0. The molecule has 0 unspecified atom stereocenters. The number of aryl methyl sites for hydroxylation is 1. The van der Waals surface area contributed by atoms with Gasteiger partial charge in [-0.25, -0.2) is 0 Å². The minimum atomic E-state index is 0.145. The molecule has 1 saturated heterocycles. The van der Waals surface area contributed by atoms with Crippen LogP contribution in [0.15, 0.2) is 24.3 Å². The molecule has 1 aromatic carbocycles. The predicted octanol–water partition coefficient (Wildman–Crippen LogP) is 2.77. The van der Waals surface area contributed by atoms with Crippen LogP contribution >= 0.6 is 0 Å². The Morgan fingerprint density at radius 3 is 2.67 bits per heavy atom. The number of carbonyl (C=O) groups excluding carboxylic acids is 1. The summed E-state index contributed by atoms with van der Waals surface area (Å²) >= 11 is 0. The number of piperidine rings is 1. The van der Waals surface area contributed by atoms with Gasteiger partial charge in [-0.05, 0) is 58.2 Å². The van der Waals surface area contributed by atoms with Gasteiger partial charge >= 0.3 is 0 Å². The van der Waals surface area contributed by atoms with Gasteiger partial charge in [-0.1, -0.05) is 29.8 Å². The van der Waals surface area contributed by atoms with E-state index in [2.05, 4.69) is 43.1 Å². The van der Waals surface area contributed by atoms with Gasteiger partial charge in [0.05, 0.1) is 6.42 Å². The van der Waals surface area contributed by atoms with E-state index in [1.807, 2.05) is 12.1 Å². The number of hydrogen-bond acceptors (Lipinski definition) is 2. The summed E-state index contributed by atoms with van der Waals surface area (Å²) in [4.78, 5) is 14.5. The van der Waals surface area contributed by atoms with Crippen molar-refractivity contribution in [2.45, 2.75) is 46.1 Å². The van der Waals surface area contributed by atoms with Crippen LogP contribution in [0.5, 0.6) is 0 Å². The van der Waals surface area contributed by atoms with Crippen LogP contribution in [0.1, 0.15) is 37.8 Å². The zero-order valence-electron chi connectivity index (χ0n) is 13.6. The van der Waals surface area contributed by atoms with Crippen LogP contribution < -0.4 is 5.32 Å². The summed E-state index contributed by atoms with van der Waals surface area (Å²) in [5.74, 6) is 0.786. The molecule has 1 fully saturated rings. The second-order valence-corrected chi connectivity index (χ2v) is 6.54. The molecule has 0 spiro atoms. The van der Waals surface area contributed by atoms with E-state index in [1.165, 1.54) is 18.4 Å². The van der Waals surface area contributed by atoms with Gasteiger partial charge < -0.3 is 10.2 Å². The largest absolute Gasteiger partial charge is 0.356 e. The molecule has 1 aromatic rings. The first-order valence-electron chi connectivity index (χ1n) is 8.11. The highest BCUT2D eigenvalue weighted by Gasteiger charge is 2.21. The van der Waals surface area contributed by atoms with Crippen molar-refractivity contribution < 1.29 is 4.79 Å². The first kappa shape index (κ1) is 16.0. The summed E-state index contributed by atoms with van der Waals surface area (Å²) in [6, 6.07) is 8.82. The number of likely N-dealkylation sites (tertiary alicyclic amines) is 1. The molecule has 3 nitrogen and oxygen atoms in total. The van der Waals surface area contributed by atoms with Gasteiger partial charge in [0, 0.05) is 12.6 Å². The molecule has 1 aliphatic heterocycles. The van der Waals surface area contributed by atoms with E-state index in [0.717, 1.165) is 25.2 Å². The van der Waals surface area contributed by atoms with E-state index < -0.39 is 0 Å². The summed E-state index contributed by atoms with van der Waals surface area (Å²) in [5, 5.41) is 3.11. The van der Waals surface area contributed by atoms with Gasteiger partial charge in [0.2, 0.25) is 5.91 Å². The van der Waals surface area contributed by atoms with E-state index in [9.17, 15) is 4.79 Å². The third-order valence-electron chi connectivity index (χ3n) is 4.41. The van der Waals surface area contributed by atoms with Crippen molar-refractivity contribution in [2.75, 3.05) is 19.6 Å². The predicted molar refractivity (Wildman–Crippen MR) is 87.3 cm³/mol. The number of nitrogens with one attached hydrogen (secondary N) is 1. The minimum absolute atomic E-state index is 0.145. The number of hydrogen-bond donors (Lipinski definition) is 1. The lowest BCUT2D eigenvalue weighted by Crippen LogP contribution is -2.41. The van der Waals surface area contributed by atoms with Crippen molar-refractivity contribution in [3.8, 4) is 0 Å². The van der Waals surface area contributed by atoms with Gasteiger partial charge in [0.15, 0.2) is 0 Å². The molecular formula is C18H28N2O. The minimum Gasteiger partial charge on any atom is -0.356 e. The van der Waals surface area contributed by atoms with Crippen LogP contribution in [0.25, 0.3) is 0 Å². The molecule has 21 heavy (non-hydrogen) atoms. The quantitative estimate of drug-likeness (QED) is 0.903. The highest BCUT2D eigenvalue weighted by Crippen LogP contribution is 2.18. The Hall–Kier alpha value is -1.35. The molecule has 1 aliphatic rings. The van der Waals surface area contributed by atoms with E-state index in [0.29, 0.717) is 18.4 Å². The molecule has 0 bridgehead atoms. The number of carbonyl (C=O) groups is 1. The molecule has 1 heterocycles. The maximum atomic E-state index is 12.0. The van der Waals surface area contributed by atoms with Crippen molar-refractivity contribution in [3.63, 3.8) is 0 Å². The molecule has 3 heteroatoms. The van der Waals surface area contributed by atoms with E-state index >= 15 is 0 Å². The monoisotopic (exact) mass is 288 g/mol. The van der Waals surface area contributed by atoms with Gasteiger partial charge in [-0.2, -0.15) is 0 Å². The Labute approximate surface area is 128 Å². The topological polar surface area (TPSA) is 32.3 Å². The van der Waals surface area contributed by atoms with Crippen LogP contribution in [0.2, 0.25) is 0 Å². The van der Waals surface area contributed by atoms with Crippen LogP contribution in [-0.2, 0) is 11.2 Å². The lowest BCUT2D eigenvalue weighted by molar-refractivity contribution is -0.120. The summed E-state index contributed by atoms with van der Waals surface area (Å²) in [5.41, 5.74) is 2.31. The number of rotatable bonds is 5. The number of amides is 1. The van der Waals surface area contributed by atoms with Crippen molar-refractivity contribution in [1.29, 1.82) is 0 Å². The van der Waals surface area contributed by atoms with Crippen molar-refractivity contribution in [1.82, 2.24) is 10.2 Å². The van der Waals surface area contributed by atoms with Crippen LogP contribution in [-0.4, -0.2) is 36.5 Å². The smallest absolute Gasteiger partial charge is 0.224 e. The molecule has 0 saturated carbocycles. The van der Waals surface area contributed by atoms with E-state index in [-0.39, 0.29) is 5.91 Å². The summed E-state index contributed by atoms with van der Waals surface area (Å²) in [7, 11) is 0. The average Bonchev–Trinajstić information content (AvgIpc) is 2.45. The van der Waals surface area contributed by atoms with E-state index in [1.54, 1.807) is 0 Å². The second kappa shape index (κ2) is 7.60. The Morgan fingerprint density at radius 1 is 1.33 bits per heavy atom. The molecule has 116 valence electrons. The average molecular weight is 288 g/mol. The molecule has 0 atom stereocenters. The highest BCUT2D eigenvalue weighted by atomic mass is 16.1. The fourth-order valence-electron chi connectivity index (χ4n) is 3.00. The van der Waals surface area contributed by atoms with Crippen molar-refractivity contribution in [3.05, 3.63) is 35.4 Å². The van der Waals surface area contributed by atoms with Crippen LogP contribution in [0.3, 0.4) is 0 Å². The van der Waals surface area contributed by atoms with Crippen LogP contribution in [0.4, 0.5) is 0 Å². The normalized spacial score (nSPS) is 17.1. The molecular weight excluding hydrogens is 260 g/mol. The van der Waals surface area contributed by atoms with Crippen molar-refractivity contribution in [2.24, 2.45) is 5.92 Å². The van der Waals surface area contributed by atoms with Gasteiger partial charge in [0.25, 0.3) is 0 Å². The molecule has 0 aromatic heterocycles. The van der Waals surface area contributed by atoms with Gasteiger partial charge in [-0.3, -0.25) is 4.79 Å². The lowest BCUT2D eigenvalue weighted by atomic mass is 9.96. The molecule has 1 amide bonds. The summed E-state index contributed by atoms with van der Waals surface area (Å²) < 4.78 is 0. The number of benzene rings is 1. The molecule has 2 rings (SSSR count). The highest BCUT2D eigenvalue weighted by molar-refractivity contribution is 5.78. The summed E-state index contributed by atoms with van der Waals surface area (Å²) in [6.07, 6.45) is 2.89. The molecule has 0 radical (unpaired) electrons. The maximum Gasteiger partial charge on any atom is 0.224 e. The Kier molecular flexibility index (Phi) is 5.80. The fourth-order valence-corrected chi connectivity index (χ4v) is 3.00. The summed E-state index contributed by atoms with van der Waals surface area (Å²) in [6.45, 7) is 9.72. The Morgan fingerprint density at radius 2 is 2.05 bits per heavy atom. The Bertz CT molecular complexity index is 462. The molecule has 0 aliphatic carbocycles. The zero-order chi connectivity index (χ0) is 15.2. The Balaban J connectivity index is 1.70. The molecule has 1 N–H and O–H groups in total.